The van der Waals surface area contributed by atoms with E-state index in [1.54, 1.807) is 12.3 Å². The maximum absolute atomic E-state index is 12.7. The van der Waals surface area contributed by atoms with Crippen LogP contribution in [0.3, 0.4) is 0 Å². The van der Waals surface area contributed by atoms with Gasteiger partial charge in [-0.15, -0.1) is 0 Å². The number of aromatic amines is 1. The van der Waals surface area contributed by atoms with E-state index in [1.807, 2.05) is 18.2 Å². The topological polar surface area (TPSA) is 28.7 Å². The Morgan fingerprint density at radius 3 is 2.63 bits per heavy atom. The Bertz CT molecular complexity index is 729. The van der Waals surface area contributed by atoms with Crippen molar-refractivity contribution in [1.82, 2.24) is 9.97 Å². The third-order valence-corrected chi connectivity index (χ3v) is 2.94. The fraction of sp³-hybridized carbons (Fsp3) is 0.0714. The van der Waals surface area contributed by atoms with Crippen LogP contribution in [0.4, 0.5) is 13.2 Å². The molecule has 96 valence electrons. The van der Waals surface area contributed by atoms with E-state index in [4.69, 9.17) is 0 Å². The second kappa shape index (κ2) is 4.12. The van der Waals surface area contributed by atoms with Crippen molar-refractivity contribution in [2.75, 3.05) is 0 Å². The van der Waals surface area contributed by atoms with Crippen LogP contribution in [0.5, 0.6) is 0 Å². The molecule has 19 heavy (non-hydrogen) atoms. The molecule has 1 aromatic carbocycles. The molecule has 2 heterocycles. The number of halogens is 3. The Morgan fingerprint density at radius 1 is 1.00 bits per heavy atom. The number of pyridine rings is 1. The molecule has 0 saturated heterocycles. The predicted molar refractivity (Wildman–Crippen MR) is 66.5 cm³/mol. The fourth-order valence-corrected chi connectivity index (χ4v) is 1.98. The molecule has 0 aliphatic heterocycles. The average Bonchev–Trinajstić information content (AvgIpc) is 2.85. The van der Waals surface area contributed by atoms with Gasteiger partial charge in [-0.2, -0.15) is 13.2 Å². The van der Waals surface area contributed by atoms with Gasteiger partial charge in [0.25, 0.3) is 0 Å². The lowest BCUT2D eigenvalue weighted by atomic mass is 10.1. The second-order valence-electron chi connectivity index (χ2n) is 4.21. The van der Waals surface area contributed by atoms with Gasteiger partial charge in [0.05, 0.1) is 11.3 Å². The SMILES string of the molecule is FC(F)(F)c1ccnc(-c2ccc3[nH]ccc3c2)c1. The zero-order chi connectivity index (χ0) is 13.5. The lowest BCUT2D eigenvalue weighted by Gasteiger charge is -2.08. The first-order chi connectivity index (χ1) is 9.04. The smallest absolute Gasteiger partial charge is 0.361 e. The van der Waals surface area contributed by atoms with Crippen molar-refractivity contribution in [3.05, 3.63) is 54.4 Å². The number of aromatic nitrogens is 2. The summed E-state index contributed by atoms with van der Waals surface area (Å²) in [6.45, 7) is 0. The summed E-state index contributed by atoms with van der Waals surface area (Å²) in [5.41, 5.74) is 1.23. The summed E-state index contributed by atoms with van der Waals surface area (Å²) in [4.78, 5) is 7.04. The number of benzene rings is 1. The number of H-pyrrole nitrogens is 1. The molecule has 1 N–H and O–H groups in total. The van der Waals surface area contributed by atoms with Crippen LogP contribution < -0.4 is 0 Å². The normalized spacial score (nSPS) is 11.9. The first-order valence-electron chi connectivity index (χ1n) is 5.65. The standard InChI is InChI=1S/C14H9F3N2/c15-14(16,17)11-4-6-19-13(8-11)9-1-2-12-10(7-9)3-5-18-12/h1-8,18H. The maximum atomic E-state index is 12.7. The highest BCUT2D eigenvalue weighted by Crippen LogP contribution is 2.31. The van der Waals surface area contributed by atoms with E-state index in [0.29, 0.717) is 11.3 Å². The fourth-order valence-electron chi connectivity index (χ4n) is 1.98. The van der Waals surface area contributed by atoms with E-state index in [0.717, 1.165) is 23.0 Å². The van der Waals surface area contributed by atoms with Crippen LogP contribution in [-0.4, -0.2) is 9.97 Å². The summed E-state index contributed by atoms with van der Waals surface area (Å²) in [5.74, 6) is 0. The van der Waals surface area contributed by atoms with Crippen LogP contribution in [-0.2, 0) is 6.18 Å². The van der Waals surface area contributed by atoms with E-state index in [1.165, 1.54) is 6.20 Å². The Hall–Kier alpha value is -2.30. The van der Waals surface area contributed by atoms with Crippen molar-refractivity contribution in [2.24, 2.45) is 0 Å². The van der Waals surface area contributed by atoms with Crippen LogP contribution in [0.1, 0.15) is 5.56 Å². The van der Waals surface area contributed by atoms with Crippen molar-refractivity contribution in [3.63, 3.8) is 0 Å². The predicted octanol–water partition coefficient (Wildman–Crippen LogP) is 4.25. The molecule has 0 saturated carbocycles. The van der Waals surface area contributed by atoms with E-state index in [9.17, 15) is 13.2 Å². The lowest BCUT2D eigenvalue weighted by Crippen LogP contribution is -2.05. The van der Waals surface area contributed by atoms with Crippen LogP contribution >= 0.6 is 0 Å². The molecular formula is C14H9F3N2. The molecule has 0 atom stereocenters. The van der Waals surface area contributed by atoms with E-state index in [2.05, 4.69) is 9.97 Å². The van der Waals surface area contributed by atoms with Gasteiger partial charge in [0.15, 0.2) is 0 Å². The number of fused-ring (bicyclic) bond motifs is 1. The highest BCUT2D eigenvalue weighted by molar-refractivity contribution is 5.84. The number of rotatable bonds is 1. The van der Waals surface area contributed by atoms with Gasteiger partial charge in [0.2, 0.25) is 0 Å². The molecule has 3 rings (SSSR count). The largest absolute Gasteiger partial charge is 0.416 e. The van der Waals surface area contributed by atoms with Crippen LogP contribution in [0, 0.1) is 0 Å². The maximum Gasteiger partial charge on any atom is 0.416 e. The Labute approximate surface area is 106 Å². The molecule has 0 bridgehead atoms. The van der Waals surface area contributed by atoms with Crippen molar-refractivity contribution in [1.29, 1.82) is 0 Å². The molecule has 0 aliphatic carbocycles. The number of hydrogen-bond acceptors (Lipinski definition) is 1. The van der Waals surface area contributed by atoms with Crippen molar-refractivity contribution in [3.8, 4) is 11.3 Å². The molecule has 0 amide bonds. The average molecular weight is 262 g/mol. The van der Waals surface area contributed by atoms with Crippen molar-refractivity contribution >= 4 is 10.9 Å². The van der Waals surface area contributed by atoms with Crippen molar-refractivity contribution < 1.29 is 13.2 Å². The number of alkyl halides is 3. The van der Waals surface area contributed by atoms with Gasteiger partial charge in [-0.25, -0.2) is 0 Å². The first-order valence-corrected chi connectivity index (χ1v) is 5.65. The zero-order valence-electron chi connectivity index (χ0n) is 9.70. The highest BCUT2D eigenvalue weighted by Gasteiger charge is 2.30. The third-order valence-electron chi connectivity index (χ3n) is 2.94. The number of hydrogen-bond donors (Lipinski definition) is 1. The summed E-state index contributed by atoms with van der Waals surface area (Å²) >= 11 is 0. The van der Waals surface area contributed by atoms with Gasteiger partial charge in [-0.05, 0) is 30.3 Å². The van der Waals surface area contributed by atoms with Gasteiger partial charge in [-0.1, -0.05) is 6.07 Å². The second-order valence-corrected chi connectivity index (χ2v) is 4.21. The summed E-state index contributed by atoms with van der Waals surface area (Å²) in [5, 5.41) is 0.941. The van der Waals surface area contributed by atoms with Crippen LogP contribution in [0.25, 0.3) is 22.2 Å². The minimum Gasteiger partial charge on any atom is -0.361 e. The quantitative estimate of drug-likeness (QED) is 0.697. The molecule has 2 aromatic heterocycles. The lowest BCUT2D eigenvalue weighted by molar-refractivity contribution is -0.137. The molecule has 0 aliphatic rings. The summed E-state index contributed by atoms with van der Waals surface area (Å²) in [7, 11) is 0. The highest BCUT2D eigenvalue weighted by atomic mass is 19.4. The van der Waals surface area contributed by atoms with Gasteiger partial charge in [0.1, 0.15) is 0 Å². The zero-order valence-corrected chi connectivity index (χ0v) is 9.70. The molecule has 0 fully saturated rings. The van der Waals surface area contributed by atoms with Crippen LogP contribution in [0.15, 0.2) is 48.8 Å². The van der Waals surface area contributed by atoms with Crippen LogP contribution in [0.2, 0.25) is 0 Å². The van der Waals surface area contributed by atoms with Crippen molar-refractivity contribution in [2.45, 2.75) is 6.18 Å². The summed E-state index contributed by atoms with van der Waals surface area (Å²) < 4.78 is 38.0. The van der Waals surface area contributed by atoms with Gasteiger partial charge < -0.3 is 4.98 Å². The number of nitrogens with zero attached hydrogens (tertiary/aromatic N) is 1. The van der Waals surface area contributed by atoms with E-state index >= 15 is 0 Å². The third kappa shape index (κ3) is 2.19. The van der Waals surface area contributed by atoms with Gasteiger partial charge >= 0.3 is 6.18 Å². The van der Waals surface area contributed by atoms with E-state index < -0.39 is 11.7 Å². The Balaban J connectivity index is 2.10. The van der Waals surface area contributed by atoms with E-state index in [-0.39, 0.29) is 0 Å². The minimum atomic E-state index is -4.35. The van der Waals surface area contributed by atoms with Gasteiger partial charge in [0, 0.05) is 28.9 Å². The molecule has 0 radical (unpaired) electrons. The monoisotopic (exact) mass is 262 g/mol. The summed E-state index contributed by atoms with van der Waals surface area (Å²) in [6.07, 6.45) is -1.39. The number of nitrogens with one attached hydrogen (secondary N) is 1. The first kappa shape index (κ1) is 11.8. The van der Waals surface area contributed by atoms with Gasteiger partial charge in [-0.3, -0.25) is 4.98 Å². The molecule has 2 nitrogen and oxygen atoms in total. The molecule has 0 unspecified atom stereocenters. The molecule has 0 spiro atoms. The molecule has 3 aromatic rings. The summed E-state index contributed by atoms with van der Waals surface area (Å²) in [6, 6.07) is 9.29. The Morgan fingerprint density at radius 2 is 1.84 bits per heavy atom. The molecule has 5 heteroatoms. The Kier molecular flexibility index (Phi) is 2.55. The molecular weight excluding hydrogens is 253 g/mol. The minimum absolute atomic E-state index is 0.318.